The third-order valence-corrected chi connectivity index (χ3v) is 2.40. The molecular weight excluding hydrogens is 247 g/mol. The number of rotatable bonds is 4. The second kappa shape index (κ2) is 5.48. The van der Waals surface area contributed by atoms with Gasteiger partial charge in [-0.05, 0) is 31.0 Å². The summed E-state index contributed by atoms with van der Waals surface area (Å²) in [5.74, 6) is -0.249. The maximum atomic E-state index is 12.9. The van der Waals surface area contributed by atoms with Crippen LogP contribution in [0.5, 0.6) is 11.5 Å². The highest BCUT2D eigenvalue weighted by molar-refractivity contribution is 5.51. The Morgan fingerprint density at radius 2 is 1.83 bits per heavy atom. The minimum atomic E-state index is -4.49. The molecule has 18 heavy (non-hydrogen) atoms. The molecule has 3 nitrogen and oxygen atoms in total. The number of alkyl halides is 3. The first-order valence-electron chi connectivity index (χ1n) is 5.37. The molecule has 0 aromatic heterocycles. The largest absolute Gasteiger partial charge is 0.493 e. The van der Waals surface area contributed by atoms with Gasteiger partial charge in [0.15, 0.2) is 11.5 Å². The molecule has 0 saturated carbocycles. The summed E-state index contributed by atoms with van der Waals surface area (Å²) < 4.78 is 48.4. The summed E-state index contributed by atoms with van der Waals surface area (Å²) in [4.78, 5) is 0. The molecule has 0 saturated heterocycles. The maximum Gasteiger partial charge on any atom is 0.420 e. The molecule has 0 fully saturated rings. The van der Waals surface area contributed by atoms with Gasteiger partial charge in [-0.3, -0.25) is 0 Å². The Labute approximate surface area is 104 Å². The van der Waals surface area contributed by atoms with Crippen LogP contribution in [0, 0.1) is 0 Å². The first kappa shape index (κ1) is 14.6. The first-order valence-corrected chi connectivity index (χ1v) is 5.37. The summed E-state index contributed by atoms with van der Waals surface area (Å²) in [5, 5.41) is 0. The molecule has 0 amide bonds. The summed E-state index contributed by atoms with van der Waals surface area (Å²) in [6.07, 6.45) is -4.16. The van der Waals surface area contributed by atoms with Crippen LogP contribution in [-0.4, -0.2) is 20.3 Å². The number of ether oxygens (including phenoxy) is 2. The highest BCUT2D eigenvalue weighted by Crippen LogP contribution is 2.42. The molecule has 2 N–H and O–H groups in total. The van der Waals surface area contributed by atoms with Crippen LogP contribution in [0.4, 0.5) is 13.2 Å². The summed E-state index contributed by atoms with van der Waals surface area (Å²) in [7, 11) is 2.48. The van der Waals surface area contributed by atoms with Gasteiger partial charge < -0.3 is 15.2 Å². The molecule has 0 aliphatic heterocycles. The van der Waals surface area contributed by atoms with E-state index in [1.165, 1.54) is 20.3 Å². The van der Waals surface area contributed by atoms with E-state index in [1.54, 1.807) is 6.92 Å². The maximum absolute atomic E-state index is 12.9. The third-order valence-electron chi connectivity index (χ3n) is 2.40. The Bertz CT molecular complexity index is 417. The van der Waals surface area contributed by atoms with Crippen molar-refractivity contribution in [1.82, 2.24) is 0 Å². The second-order valence-electron chi connectivity index (χ2n) is 4.06. The van der Waals surface area contributed by atoms with Gasteiger partial charge in [-0.1, -0.05) is 0 Å². The molecule has 1 aromatic rings. The van der Waals surface area contributed by atoms with E-state index in [9.17, 15) is 13.2 Å². The van der Waals surface area contributed by atoms with Crippen LogP contribution in [0.2, 0.25) is 0 Å². The van der Waals surface area contributed by atoms with Crippen LogP contribution in [-0.2, 0) is 12.6 Å². The number of halogens is 3. The average Bonchev–Trinajstić information content (AvgIpc) is 2.25. The minimum Gasteiger partial charge on any atom is -0.493 e. The lowest BCUT2D eigenvalue weighted by atomic mass is 10.0. The van der Waals surface area contributed by atoms with Crippen LogP contribution in [0.25, 0.3) is 0 Å². The Hall–Kier alpha value is -1.43. The van der Waals surface area contributed by atoms with Crippen molar-refractivity contribution in [3.63, 3.8) is 0 Å². The van der Waals surface area contributed by atoms with Crippen LogP contribution >= 0.6 is 0 Å². The van der Waals surface area contributed by atoms with Crippen LogP contribution in [0.1, 0.15) is 18.1 Å². The van der Waals surface area contributed by atoms with E-state index >= 15 is 0 Å². The predicted molar refractivity (Wildman–Crippen MR) is 61.9 cm³/mol. The van der Waals surface area contributed by atoms with Crippen molar-refractivity contribution in [3.8, 4) is 11.5 Å². The van der Waals surface area contributed by atoms with Gasteiger partial charge in [0.1, 0.15) is 5.56 Å². The molecule has 0 aliphatic carbocycles. The Kier molecular flexibility index (Phi) is 4.45. The van der Waals surface area contributed by atoms with Crippen molar-refractivity contribution in [2.24, 2.45) is 5.73 Å². The number of hydrogen-bond acceptors (Lipinski definition) is 3. The van der Waals surface area contributed by atoms with Crippen LogP contribution in [0.3, 0.4) is 0 Å². The number of hydrogen-bond donors (Lipinski definition) is 1. The molecule has 1 unspecified atom stereocenters. The lowest BCUT2D eigenvalue weighted by Crippen LogP contribution is -2.18. The summed E-state index contributed by atoms with van der Waals surface area (Å²) in [6, 6.07) is 2.33. The fourth-order valence-corrected chi connectivity index (χ4v) is 1.72. The molecule has 102 valence electrons. The Balaban J connectivity index is 3.36. The van der Waals surface area contributed by atoms with E-state index in [-0.39, 0.29) is 17.5 Å². The van der Waals surface area contributed by atoms with E-state index in [0.29, 0.717) is 12.0 Å². The fraction of sp³-hybridized carbons (Fsp3) is 0.500. The van der Waals surface area contributed by atoms with Gasteiger partial charge in [0.25, 0.3) is 0 Å². The molecule has 0 spiro atoms. The van der Waals surface area contributed by atoms with Gasteiger partial charge in [0, 0.05) is 6.04 Å². The topological polar surface area (TPSA) is 44.5 Å². The summed E-state index contributed by atoms with van der Waals surface area (Å²) in [6.45, 7) is 1.73. The van der Waals surface area contributed by atoms with E-state index in [1.807, 2.05) is 0 Å². The minimum absolute atomic E-state index is 0.0583. The molecule has 1 atom stereocenters. The smallest absolute Gasteiger partial charge is 0.420 e. The van der Waals surface area contributed by atoms with Gasteiger partial charge in [0.2, 0.25) is 0 Å². The van der Waals surface area contributed by atoms with E-state index in [4.69, 9.17) is 15.2 Å². The first-order chi connectivity index (χ1) is 8.29. The van der Waals surface area contributed by atoms with Crippen molar-refractivity contribution >= 4 is 0 Å². The predicted octanol–water partition coefficient (Wildman–Crippen LogP) is 2.61. The number of nitrogens with two attached hydrogens (primary N) is 1. The zero-order valence-electron chi connectivity index (χ0n) is 10.5. The van der Waals surface area contributed by atoms with Gasteiger partial charge >= 0.3 is 6.18 Å². The molecule has 0 radical (unpaired) electrons. The summed E-state index contributed by atoms with van der Waals surface area (Å²) in [5.41, 5.74) is 5.21. The van der Waals surface area contributed by atoms with Crippen molar-refractivity contribution in [2.45, 2.75) is 25.6 Å². The van der Waals surface area contributed by atoms with Gasteiger partial charge in [-0.15, -0.1) is 0 Å². The number of benzene rings is 1. The highest BCUT2D eigenvalue weighted by atomic mass is 19.4. The molecule has 1 aromatic carbocycles. The van der Waals surface area contributed by atoms with Crippen LogP contribution in [0.15, 0.2) is 12.1 Å². The Morgan fingerprint density at radius 1 is 1.22 bits per heavy atom. The molecule has 0 heterocycles. The standard InChI is InChI=1S/C12H16F3NO2/c1-7(16)4-8-5-9(12(13,14)15)11(18-3)10(6-8)17-2/h5-7H,4,16H2,1-3H3. The summed E-state index contributed by atoms with van der Waals surface area (Å²) >= 11 is 0. The zero-order chi connectivity index (χ0) is 13.9. The van der Waals surface area contributed by atoms with Crippen molar-refractivity contribution in [2.75, 3.05) is 14.2 Å². The quantitative estimate of drug-likeness (QED) is 0.908. The van der Waals surface area contributed by atoms with Crippen molar-refractivity contribution < 1.29 is 22.6 Å². The van der Waals surface area contributed by atoms with E-state index < -0.39 is 11.7 Å². The van der Waals surface area contributed by atoms with Crippen molar-refractivity contribution in [3.05, 3.63) is 23.3 Å². The normalized spacial score (nSPS) is 13.3. The van der Waals surface area contributed by atoms with Crippen LogP contribution < -0.4 is 15.2 Å². The van der Waals surface area contributed by atoms with Gasteiger partial charge in [-0.25, -0.2) is 0 Å². The monoisotopic (exact) mass is 263 g/mol. The van der Waals surface area contributed by atoms with E-state index in [0.717, 1.165) is 6.07 Å². The molecule has 6 heteroatoms. The zero-order valence-corrected chi connectivity index (χ0v) is 10.5. The SMILES string of the molecule is COc1cc(CC(C)N)cc(C(F)(F)F)c1OC. The highest BCUT2D eigenvalue weighted by Gasteiger charge is 2.36. The van der Waals surface area contributed by atoms with Crippen molar-refractivity contribution in [1.29, 1.82) is 0 Å². The van der Waals surface area contributed by atoms with Gasteiger partial charge in [-0.2, -0.15) is 13.2 Å². The molecule has 0 aliphatic rings. The molecule has 0 bridgehead atoms. The molecule has 1 rings (SSSR count). The lowest BCUT2D eigenvalue weighted by Gasteiger charge is -2.17. The molecular formula is C12H16F3NO2. The third kappa shape index (κ3) is 3.29. The fourth-order valence-electron chi connectivity index (χ4n) is 1.72. The van der Waals surface area contributed by atoms with Gasteiger partial charge in [0.05, 0.1) is 14.2 Å². The average molecular weight is 263 g/mol. The number of methoxy groups -OCH3 is 2. The Morgan fingerprint density at radius 3 is 2.22 bits per heavy atom. The second-order valence-corrected chi connectivity index (χ2v) is 4.06. The van der Waals surface area contributed by atoms with E-state index in [2.05, 4.69) is 0 Å². The lowest BCUT2D eigenvalue weighted by molar-refractivity contribution is -0.138.